The number of carbonyl (C=O) groups is 1. The van der Waals surface area contributed by atoms with Crippen molar-refractivity contribution in [2.45, 2.75) is 31.8 Å². The van der Waals surface area contributed by atoms with Crippen molar-refractivity contribution in [1.82, 2.24) is 0 Å². The monoisotopic (exact) mass is 218 g/mol. The summed E-state index contributed by atoms with van der Waals surface area (Å²) in [6.45, 7) is 5.44. The minimum Gasteiger partial charge on any atom is -0.384 e. The van der Waals surface area contributed by atoms with Crippen molar-refractivity contribution in [2.24, 2.45) is 0 Å². The summed E-state index contributed by atoms with van der Waals surface area (Å²) < 4.78 is 0. The molecule has 1 aromatic rings. The molecular weight excluding hydrogens is 200 g/mol. The van der Waals surface area contributed by atoms with E-state index in [4.69, 9.17) is 0 Å². The molecule has 1 aromatic carbocycles. The predicted octanol–water partition coefficient (Wildman–Crippen LogP) is 2.82. The van der Waals surface area contributed by atoms with Crippen LogP contribution in [0.2, 0.25) is 0 Å². The van der Waals surface area contributed by atoms with Crippen molar-refractivity contribution in [1.29, 1.82) is 0 Å². The molecule has 2 nitrogen and oxygen atoms in total. The Bertz CT molecular complexity index is 356. The van der Waals surface area contributed by atoms with Crippen molar-refractivity contribution in [2.75, 3.05) is 0 Å². The Morgan fingerprint density at radius 1 is 1.44 bits per heavy atom. The van der Waals surface area contributed by atoms with Crippen molar-refractivity contribution >= 4 is 5.78 Å². The first kappa shape index (κ1) is 12.7. The van der Waals surface area contributed by atoms with Crippen LogP contribution in [0.4, 0.5) is 0 Å². The lowest BCUT2D eigenvalue weighted by Gasteiger charge is -2.26. The molecule has 0 aliphatic carbocycles. The van der Waals surface area contributed by atoms with Crippen LogP contribution < -0.4 is 0 Å². The van der Waals surface area contributed by atoms with E-state index in [1.165, 1.54) is 0 Å². The smallest absolute Gasteiger partial charge is 0.135 e. The number of benzene rings is 1. The van der Waals surface area contributed by atoms with E-state index in [-0.39, 0.29) is 12.2 Å². The van der Waals surface area contributed by atoms with Crippen LogP contribution in [0, 0.1) is 0 Å². The van der Waals surface area contributed by atoms with Gasteiger partial charge in [-0.25, -0.2) is 0 Å². The summed E-state index contributed by atoms with van der Waals surface area (Å²) in [7, 11) is 0. The molecule has 0 saturated carbocycles. The van der Waals surface area contributed by atoms with Crippen LogP contribution >= 0.6 is 0 Å². The molecule has 0 fully saturated rings. The van der Waals surface area contributed by atoms with Gasteiger partial charge in [0.2, 0.25) is 0 Å². The van der Waals surface area contributed by atoms with Gasteiger partial charge in [-0.05, 0) is 12.0 Å². The fourth-order valence-electron chi connectivity index (χ4n) is 1.73. The molecule has 0 aromatic heterocycles. The Kier molecular flexibility index (Phi) is 4.44. The second kappa shape index (κ2) is 5.61. The predicted molar refractivity (Wildman–Crippen MR) is 65.1 cm³/mol. The summed E-state index contributed by atoms with van der Waals surface area (Å²) in [4.78, 5) is 11.5. The van der Waals surface area contributed by atoms with E-state index in [0.717, 1.165) is 5.56 Å². The molecule has 0 bridgehead atoms. The van der Waals surface area contributed by atoms with E-state index in [1.54, 1.807) is 6.08 Å². The lowest BCUT2D eigenvalue weighted by atomic mass is 9.85. The number of hydrogen-bond acceptors (Lipinski definition) is 2. The lowest BCUT2D eigenvalue weighted by Crippen LogP contribution is -2.28. The van der Waals surface area contributed by atoms with Gasteiger partial charge in [-0.3, -0.25) is 4.79 Å². The van der Waals surface area contributed by atoms with Crippen LogP contribution in [0.5, 0.6) is 0 Å². The summed E-state index contributed by atoms with van der Waals surface area (Å²) in [6.07, 6.45) is 2.64. The molecular formula is C14H18O2. The van der Waals surface area contributed by atoms with Gasteiger partial charge in [0.05, 0.1) is 5.60 Å². The minimum absolute atomic E-state index is 0.0632. The first-order chi connectivity index (χ1) is 7.62. The Morgan fingerprint density at radius 3 is 2.56 bits per heavy atom. The average Bonchev–Trinajstić information content (AvgIpc) is 2.30. The second-order valence-electron chi connectivity index (χ2n) is 3.96. The molecule has 0 heterocycles. The normalized spacial score (nSPS) is 14.1. The van der Waals surface area contributed by atoms with E-state index < -0.39 is 5.60 Å². The van der Waals surface area contributed by atoms with Gasteiger partial charge in [0, 0.05) is 12.8 Å². The third-order valence-corrected chi connectivity index (χ3v) is 2.68. The van der Waals surface area contributed by atoms with Crippen molar-refractivity contribution in [3.63, 3.8) is 0 Å². The number of hydrogen-bond donors (Lipinski definition) is 1. The molecule has 0 saturated heterocycles. The number of Topliss-reactive ketones (excluding diaryl/α,β-unsaturated/α-hetero) is 1. The van der Waals surface area contributed by atoms with Crippen LogP contribution in [0.3, 0.4) is 0 Å². The molecule has 1 rings (SSSR count). The summed E-state index contributed by atoms with van der Waals surface area (Å²) in [5, 5.41) is 10.5. The molecule has 2 heteroatoms. The molecule has 1 N–H and O–H groups in total. The first-order valence-corrected chi connectivity index (χ1v) is 5.53. The van der Waals surface area contributed by atoms with E-state index in [0.29, 0.717) is 12.8 Å². The Labute approximate surface area is 96.6 Å². The quantitative estimate of drug-likeness (QED) is 0.745. The summed E-state index contributed by atoms with van der Waals surface area (Å²) in [5.74, 6) is 0.0632. The number of rotatable bonds is 6. The maximum absolute atomic E-state index is 11.5. The van der Waals surface area contributed by atoms with E-state index in [2.05, 4.69) is 6.58 Å². The van der Waals surface area contributed by atoms with Crippen LogP contribution in [0.25, 0.3) is 0 Å². The Morgan fingerprint density at radius 2 is 2.06 bits per heavy atom. The van der Waals surface area contributed by atoms with E-state index >= 15 is 0 Å². The average molecular weight is 218 g/mol. The zero-order valence-corrected chi connectivity index (χ0v) is 9.65. The van der Waals surface area contributed by atoms with Crippen molar-refractivity contribution < 1.29 is 9.90 Å². The summed E-state index contributed by atoms with van der Waals surface area (Å²) in [6, 6.07) is 9.29. The standard InChI is InChI=1S/C14H18O2/c1-3-10-14(16,11-13(15)4-2)12-8-6-5-7-9-12/h3,5-9,16H,1,4,10-11H2,2H3. The zero-order chi connectivity index (χ0) is 12.0. The maximum Gasteiger partial charge on any atom is 0.135 e. The number of aliphatic hydroxyl groups is 1. The highest BCUT2D eigenvalue weighted by Crippen LogP contribution is 2.29. The van der Waals surface area contributed by atoms with Gasteiger partial charge in [-0.1, -0.05) is 43.3 Å². The van der Waals surface area contributed by atoms with Gasteiger partial charge >= 0.3 is 0 Å². The Hall–Kier alpha value is -1.41. The SMILES string of the molecule is C=CCC(O)(CC(=O)CC)c1ccccc1. The largest absolute Gasteiger partial charge is 0.384 e. The van der Waals surface area contributed by atoms with Gasteiger partial charge in [0.25, 0.3) is 0 Å². The lowest BCUT2D eigenvalue weighted by molar-refractivity contribution is -0.124. The minimum atomic E-state index is -1.10. The van der Waals surface area contributed by atoms with Gasteiger partial charge in [-0.15, -0.1) is 6.58 Å². The number of carbonyl (C=O) groups excluding carboxylic acids is 1. The fraction of sp³-hybridized carbons (Fsp3) is 0.357. The molecule has 1 unspecified atom stereocenters. The number of ketones is 1. The van der Waals surface area contributed by atoms with Crippen LogP contribution in [-0.4, -0.2) is 10.9 Å². The Balaban J connectivity index is 2.96. The molecule has 0 radical (unpaired) electrons. The highest BCUT2D eigenvalue weighted by Gasteiger charge is 2.29. The van der Waals surface area contributed by atoms with Crippen LogP contribution in [0.15, 0.2) is 43.0 Å². The second-order valence-corrected chi connectivity index (χ2v) is 3.96. The molecule has 0 aliphatic rings. The van der Waals surface area contributed by atoms with Crippen molar-refractivity contribution in [3.05, 3.63) is 48.6 Å². The molecule has 0 aliphatic heterocycles. The molecule has 16 heavy (non-hydrogen) atoms. The highest BCUT2D eigenvalue weighted by molar-refractivity contribution is 5.79. The maximum atomic E-state index is 11.5. The molecule has 86 valence electrons. The molecule has 0 spiro atoms. The molecule has 0 amide bonds. The van der Waals surface area contributed by atoms with E-state index in [1.807, 2.05) is 37.3 Å². The van der Waals surface area contributed by atoms with Crippen molar-refractivity contribution in [3.8, 4) is 0 Å². The van der Waals surface area contributed by atoms with Gasteiger partial charge < -0.3 is 5.11 Å². The molecule has 1 atom stereocenters. The third kappa shape index (κ3) is 3.04. The summed E-state index contributed by atoms with van der Waals surface area (Å²) >= 11 is 0. The summed E-state index contributed by atoms with van der Waals surface area (Å²) in [5.41, 5.74) is -0.326. The van der Waals surface area contributed by atoms with E-state index in [9.17, 15) is 9.90 Å². The van der Waals surface area contributed by atoms with Crippen LogP contribution in [-0.2, 0) is 10.4 Å². The third-order valence-electron chi connectivity index (χ3n) is 2.68. The fourth-order valence-corrected chi connectivity index (χ4v) is 1.73. The van der Waals surface area contributed by atoms with Crippen LogP contribution in [0.1, 0.15) is 31.7 Å². The topological polar surface area (TPSA) is 37.3 Å². The first-order valence-electron chi connectivity index (χ1n) is 5.53. The van der Waals surface area contributed by atoms with Gasteiger partial charge in [0.15, 0.2) is 0 Å². The van der Waals surface area contributed by atoms with Gasteiger partial charge in [-0.2, -0.15) is 0 Å². The highest BCUT2D eigenvalue weighted by atomic mass is 16.3. The zero-order valence-electron chi connectivity index (χ0n) is 9.65. The van der Waals surface area contributed by atoms with Gasteiger partial charge in [0.1, 0.15) is 5.78 Å².